The van der Waals surface area contributed by atoms with Gasteiger partial charge in [-0.3, -0.25) is 4.79 Å². The summed E-state index contributed by atoms with van der Waals surface area (Å²) in [5, 5.41) is 84.6. The van der Waals surface area contributed by atoms with Gasteiger partial charge >= 0.3 is 5.97 Å². The number of carbonyl (C=O) groups is 1. The summed E-state index contributed by atoms with van der Waals surface area (Å²) in [5.74, 6) is -1.98. The molecule has 1 spiro atoms. The zero-order valence-corrected chi connectivity index (χ0v) is 21.4. The van der Waals surface area contributed by atoms with Gasteiger partial charge < -0.3 is 50.3 Å². The van der Waals surface area contributed by atoms with Crippen molar-refractivity contribution in [3.63, 3.8) is 0 Å². The van der Waals surface area contributed by atoms with Crippen molar-refractivity contribution in [2.75, 3.05) is 13.2 Å². The Labute approximate surface area is 216 Å². The Morgan fingerprint density at radius 1 is 0.973 bits per heavy atom. The largest absolute Gasteiger partial charge is 0.481 e. The first-order valence-corrected chi connectivity index (χ1v) is 13.5. The number of aliphatic hydroxyl groups is 7. The molecule has 37 heavy (non-hydrogen) atoms. The van der Waals surface area contributed by atoms with Crippen LogP contribution in [0.5, 0.6) is 0 Å². The predicted octanol–water partition coefficient (Wildman–Crippen LogP) is -1.03. The van der Waals surface area contributed by atoms with Gasteiger partial charge in [0.05, 0.1) is 36.4 Å². The number of aliphatic hydroxyl groups excluding tert-OH is 7. The Balaban J connectivity index is 1.50. The molecule has 11 heteroatoms. The molecule has 1 heterocycles. The van der Waals surface area contributed by atoms with Crippen LogP contribution < -0.4 is 0 Å². The van der Waals surface area contributed by atoms with E-state index in [2.05, 4.69) is 0 Å². The summed E-state index contributed by atoms with van der Waals surface area (Å²) >= 11 is 0. The molecule has 14 atom stereocenters. The number of carboxylic acid groups (broad SMARTS) is 1. The molecular weight excluding hydrogens is 488 g/mol. The van der Waals surface area contributed by atoms with E-state index >= 15 is 0 Å². The van der Waals surface area contributed by atoms with E-state index in [4.69, 9.17) is 9.47 Å². The van der Waals surface area contributed by atoms with Gasteiger partial charge in [-0.25, -0.2) is 0 Å². The smallest absolute Gasteiger partial charge is 0.309 e. The third-order valence-corrected chi connectivity index (χ3v) is 11.3. The van der Waals surface area contributed by atoms with Crippen LogP contribution in [-0.2, 0) is 14.3 Å². The first kappa shape index (κ1) is 27.7. The Hall–Kier alpha value is -0.890. The van der Waals surface area contributed by atoms with E-state index in [0.29, 0.717) is 32.1 Å². The van der Waals surface area contributed by atoms with Gasteiger partial charge in [0.15, 0.2) is 6.29 Å². The van der Waals surface area contributed by atoms with Crippen molar-refractivity contribution in [1.82, 2.24) is 0 Å². The molecule has 1 saturated heterocycles. The van der Waals surface area contributed by atoms with Crippen LogP contribution in [0.15, 0.2) is 0 Å². The van der Waals surface area contributed by atoms with Crippen LogP contribution in [0.3, 0.4) is 0 Å². The van der Waals surface area contributed by atoms with Crippen LogP contribution in [0.2, 0.25) is 0 Å². The lowest BCUT2D eigenvalue weighted by atomic mass is 9.39. The first-order chi connectivity index (χ1) is 17.3. The van der Waals surface area contributed by atoms with E-state index in [9.17, 15) is 45.6 Å². The van der Waals surface area contributed by atoms with Crippen LogP contribution >= 0.6 is 0 Å². The van der Waals surface area contributed by atoms with E-state index in [1.807, 2.05) is 6.92 Å². The fourth-order valence-corrected chi connectivity index (χ4v) is 9.67. The van der Waals surface area contributed by atoms with Crippen molar-refractivity contribution in [2.45, 2.75) is 107 Å². The number of hydrogen-bond acceptors (Lipinski definition) is 10. The van der Waals surface area contributed by atoms with E-state index in [0.717, 1.165) is 6.42 Å². The highest BCUT2D eigenvalue weighted by molar-refractivity contribution is 5.75. The maximum atomic E-state index is 12.4. The van der Waals surface area contributed by atoms with Crippen molar-refractivity contribution in [3.05, 3.63) is 0 Å². The average molecular weight is 531 g/mol. The quantitative estimate of drug-likeness (QED) is 0.216. The van der Waals surface area contributed by atoms with Crippen LogP contribution in [0.1, 0.15) is 58.8 Å². The monoisotopic (exact) mass is 530 g/mol. The van der Waals surface area contributed by atoms with E-state index in [1.165, 1.54) is 0 Å². The summed E-state index contributed by atoms with van der Waals surface area (Å²) in [6.45, 7) is 2.64. The Morgan fingerprint density at radius 3 is 2.30 bits per heavy atom. The summed E-state index contributed by atoms with van der Waals surface area (Å²) in [5.41, 5.74) is -3.84. The van der Waals surface area contributed by atoms with Crippen molar-refractivity contribution < 1.29 is 55.1 Å². The minimum Gasteiger partial charge on any atom is -0.481 e. The zero-order valence-electron chi connectivity index (χ0n) is 21.4. The standard InChI is InChI=1S/C26H42O11/c1-23-6-3-7-24(2,22(34)35)19(23)18(32)20(33)25-8-12(4-5-14(23)25)26(10-25,11-28)37-21-17(31)16(30)15(29)13(9-27)36-21/h12-21,27-33H,3-11H2,1-2H3,(H,34,35)/t12-,13+,14+,15+,16-,17+,18+,19-,20+,21-,23+,24-,25+,26+/m0/s1. The summed E-state index contributed by atoms with van der Waals surface area (Å²) in [4.78, 5) is 12.4. The number of rotatable bonds is 5. The third kappa shape index (κ3) is 3.62. The number of hydrogen-bond donors (Lipinski definition) is 8. The topological polar surface area (TPSA) is 197 Å². The van der Waals surface area contributed by atoms with Crippen LogP contribution in [0.4, 0.5) is 0 Å². The van der Waals surface area contributed by atoms with Gasteiger partial charge in [-0.1, -0.05) is 13.3 Å². The lowest BCUT2D eigenvalue weighted by Gasteiger charge is -2.66. The number of ether oxygens (including phenoxy) is 2. The lowest BCUT2D eigenvalue weighted by Crippen LogP contribution is -2.69. The molecule has 0 aromatic rings. The normalized spacial score (nSPS) is 57.4. The van der Waals surface area contributed by atoms with Gasteiger partial charge in [-0.15, -0.1) is 0 Å². The zero-order chi connectivity index (χ0) is 27.1. The van der Waals surface area contributed by atoms with Gasteiger partial charge in [0.2, 0.25) is 0 Å². The third-order valence-electron chi connectivity index (χ3n) is 11.3. The van der Waals surface area contributed by atoms with Crippen molar-refractivity contribution in [1.29, 1.82) is 0 Å². The molecule has 5 aliphatic rings. The summed E-state index contributed by atoms with van der Waals surface area (Å²) < 4.78 is 11.8. The summed E-state index contributed by atoms with van der Waals surface area (Å²) in [6.07, 6.45) is -6.18. The molecule has 8 N–H and O–H groups in total. The Kier molecular flexibility index (Phi) is 6.78. The second kappa shape index (κ2) is 9.07. The minimum atomic E-state index is -1.63. The maximum Gasteiger partial charge on any atom is 0.309 e. The molecule has 212 valence electrons. The highest BCUT2D eigenvalue weighted by Gasteiger charge is 2.74. The van der Waals surface area contributed by atoms with Crippen LogP contribution in [0.25, 0.3) is 0 Å². The molecule has 1 aliphatic heterocycles. The van der Waals surface area contributed by atoms with Crippen molar-refractivity contribution in [2.24, 2.45) is 34.0 Å². The van der Waals surface area contributed by atoms with Gasteiger partial charge in [0.25, 0.3) is 0 Å². The molecule has 0 unspecified atom stereocenters. The minimum absolute atomic E-state index is 0.120. The molecule has 4 aliphatic carbocycles. The molecule has 11 nitrogen and oxygen atoms in total. The van der Waals surface area contributed by atoms with Crippen LogP contribution in [-0.4, -0.2) is 109 Å². The Bertz CT molecular complexity index is 900. The molecule has 0 aromatic carbocycles. The van der Waals surface area contributed by atoms with Crippen molar-refractivity contribution >= 4 is 5.97 Å². The molecule has 4 saturated carbocycles. The molecule has 2 bridgehead atoms. The predicted molar refractivity (Wildman–Crippen MR) is 126 cm³/mol. The van der Waals surface area contributed by atoms with E-state index < -0.39 is 89.9 Å². The van der Waals surface area contributed by atoms with E-state index in [-0.39, 0.29) is 18.3 Å². The molecule has 0 aromatic heterocycles. The van der Waals surface area contributed by atoms with E-state index in [1.54, 1.807) is 6.92 Å². The van der Waals surface area contributed by atoms with Crippen molar-refractivity contribution in [3.8, 4) is 0 Å². The second-order valence-electron chi connectivity index (χ2n) is 13.0. The summed E-state index contributed by atoms with van der Waals surface area (Å²) in [6, 6.07) is 0. The van der Waals surface area contributed by atoms with Gasteiger partial charge in [0.1, 0.15) is 24.4 Å². The average Bonchev–Trinajstić information content (AvgIpc) is 3.10. The highest BCUT2D eigenvalue weighted by Crippen LogP contribution is 2.73. The van der Waals surface area contributed by atoms with Gasteiger partial charge in [-0.05, 0) is 62.7 Å². The van der Waals surface area contributed by atoms with Gasteiger partial charge in [-0.2, -0.15) is 0 Å². The number of carboxylic acids is 1. The maximum absolute atomic E-state index is 12.4. The lowest BCUT2D eigenvalue weighted by molar-refractivity contribution is -0.335. The molecule has 5 rings (SSSR count). The second-order valence-corrected chi connectivity index (χ2v) is 13.0. The molecule has 0 radical (unpaired) electrons. The fraction of sp³-hybridized carbons (Fsp3) is 0.962. The first-order valence-electron chi connectivity index (χ1n) is 13.5. The highest BCUT2D eigenvalue weighted by atomic mass is 16.7. The van der Waals surface area contributed by atoms with Gasteiger partial charge in [0, 0.05) is 11.3 Å². The number of aliphatic carboxylic acids is 1. The number of fused-ring (bicyclic) bond motifs is 3. The fourth-order valence-electron chi connectivity index (χ4n) is 9.67. The summed E-state index contributed by atoms with van der Waals surface area (Å²) in [7, 11) is 0. The SMILES string of the molecule is C[C@]12CCC[C@](C)(C(=O)O)[C@H]1[C@@H](O)[C@@H](O)[C@@]13C[C@H](CC[C@H]21)[C@@](CO)(O[C@@H]1O[C@H](CO)[C@@H](O)[C@H](O)[C@H]1O)C3. The molecule has 5 fully saturated rings. The molecule has 0 amide bonds. The van der Waals surface area contributed by atoms with Crippen LogP contribution in [0, 0.1) is 34.0 Å². The Morgan fingerprint density at radius 2 is 1.68 bits per heavy atom. The molecular formula is C26H42O11.